The van der Waals surface area contributed by atoms with Gasteiger partial charge in [0.1, 0.15) is 6.10 Å². The molecule has 0 bridgehead atoms. The zero-order chi connectivity index (χ0) is 12.8. The average molecular weight is 271 g/mol. The molecule has 1 aliphatic carbocycles. The highest BCUT2D eigenvalue weighted by Crippen LogP contribution is 2.32. The second-order valence-corrected chi connectivity index (χ2v) is 4.98. The summed E-state index contributed by atoms with van der Waals surface area (Å²) in [7, 11) is 1.66. The maximum Gasteiger partial charge on any atom is 0.100 e. The number of alkyl halides is 1. The minimum Gasteiger partial charge on any atom is -0.382 e. The first kappa shape index (κ1) is 13.8. The summed E-state index contributed by atoms with van der Waals surface area (Å²) in [4.78, 5) is 0. The lowest BCUT2D eigenvalue weighted by atomic mass is 9.91. The zero-order valence-electron chi connectivity index (χ0n) is 10.5. The van der Waals surface area contributed by atoms with Crippen molar-refractivity contribution in [2.45, 2.75) is 30.6 Å². The molecule has 3 nitrogen and oxygen atoms in total. The topological polar surface area (TPSA) is 27.7 Å². The third-order valence-electron chi connectivity index (χ3n) is 3.09. The van der Waals surface area contributed by atoms with Crippen molar-refractivity contribution in [3.05, 3.63) is 35.9 Å². The molecule has 1 aliphatic rings. The summed E-state index contributed by atoms with van der Waals surface area (Å²) >= 11 is 6.12. The molecule has 0 N–H and O–H groups in total. The Hall–Kier alpha value is -0.610. The molecule has 0 aromatic heterocycles. The lowest BCUT2D eigenvalue weighted by Gasteiger charge is -2.40. The maximum absolute atomic E-state index is 6.12. The van der Waals surface area contributed by atoms with Crippen LogP contribution in [0.2, 0.25) is 0 Å². The molecule has 0 saturated heterocycles. The van der Waals surface area contributed by atoms with E-state index in [2.05, 4.69) is 12.1 Å². The van der Waals surface area contributed by atoms with Crippen LogP contribution in [0.3, 0.4) is 0 Å². The smallest absolute Gasteiger partial charge is 0.100 e. The van der Waals surface area contributed by atoms with Crippen molar-refractivity contribution < 1.29 is 14.2 Å². The van der Waals surface area contributed by atoms with Crippen LogP contribution >= 0.6 is 11.6 Å². The summed E-state index contributed by atoms with van der Waals surface area (Å²) in [6, 6.07) is 10.1. The van der Waals surface area contributed by atoms with E-state index < -0.39 is 0 Å². The Morgan fingerprint density at radius 1 is 1.17 bits per heavy atom. The molecule has 2 rings (SSSR count). The average Bonchev–Trinajstić information content (AvgIpc) is 2.40. The first-order chi connectivity index (χ1) is 8.81. The van der Waals surface area contributed by atoms with E-state index in [1.165, 1.54) is 5.56 Å². The van der Waals surface area contributed by atoms with Gasteiger partial charge in [-0.25, -0.2) is 0 Å². The molecule has 4 heteroatoms. The Kier molecular flexibility index (Phi) is 5.45. The molecule has 1 fully saturated rings. The highest BCUT2D eigenvalue weighted by atomic mass is 35.5. The molecule has 1 aromatic rings. The second kappa shape index (κ2) is 7.10. The highest BCUT2D eigenvalue weighted by Gasteiger charge is 2.41. The molecule has 0 aliphatic heterocycles. The Bertz CT molecular complexity index is 344. The molecule has 100 valence electrons. The third kappa shape index (κ3) is 3.69. The SMILES string of the molecule is COCCOC1C(Cl)CC1OCc1ccccc1. The summed E-state index contributed by atoms with van der Waals surface area (Å²) in [6.45, 7) is 1.76. The summed E-state index contributed by atoms with van der Waals surface area (Å²) < 4.78 is 16.4. The van der Waals surface area contributed by atoms with Crippen LogP contribution in [-0.4, -0.2) is 37.9 Å². The van der Waals surface area contributed by atoms with Crippen molar-refractivity contribution in [3.8, 4) is 0 Å². The van der Waals surface area contributed by atoms with Gasteiger partial charge in [0, 0.05) is 7.11 Å². The number of methoxy groups -OCH3 is 1. The van der Waals surface area contributed by atoms with Crippen molar-refractivity contribution >= 4 is 11.6 Å². The van der Waals surface area contributed by atoms with Crippen LogP contribution in [0, 0.1) is 0 Å². The van der Waals surface area contributed by atoms with Gasteiger partial charge in [0.15, 0.2) is 0 Å². The summed E-state index contributed by atoms with van der Waals surface area (Å²) in [6.07, 6.45) is 0.946. The fraction of sp³-hybridized carbons (Fsp3) is 0.571. The molecular weight excluding hydrogens is 252 g/mol. The number of hydrogen-bond acceptors (Lipinski definition) is 3. The van der Waals surface area contributed by atoms with Gasteiger partial charge < -0.3 is 14.2 Å². The molecule has 0 spiro atoms. The molecule has 0 heterocycles. The maximum atomic E-state index is 6.12. The fourth-order valence-electron chi connectivity index (χ4n) is 1.95. The standard InChI is InChI=1S/C14H19ClO3/c1-16-7-8-17-14-12(15)9-13(14)18-10-11-5-3-2-4-6-11/h2-6,12-14H,7-10H2,1H3. The number of halogens is 1. The molecule has 1 saturated carbocycles. The molecule has 3 atom stereocenters. The van der Waals surface area contributed by atoms with Gasteiger partial charge >= 0.3 is 0 Å². The van der Waals surface area contributed by atoms with E-state index >= 15 is 0 Å². The molecule has 1 aromatic carbocycles. The van der Waals surface area contributed by atoms with E-state index in [4.69, 9.17) is 25.8 Å². The van der Waals surface area contributed by atoms with Crippen molar-refractivity contribution in [2.24, 2.45) is 0 Å². The number of benzene rings is 1. The summed E-state index contributed by atoms with van der Waals surface area (Å²) in [5.74, 6) is 0. The van der Waals surface area contributed by atoms with E-state index in [-0.39, 0.29) is 17.6 Å². The van der Waals surface area contributed by atoms with E-state index in [9.17, 15) is 0 Å². The van der Waals surface area contributed by atoms with Crippen molar-refractivity contribution in [1.82, 2.24) is 0 Å². The van der Waals surface area contributed by atoms with Gasteiger partial charge in [0.2, 0.25) is 0 Å². The lowest BCUT2D eigenvalue weighted by Crippen LogP contribution is -2.51. The van der Waals surface area contributed by atoms with Gasteiger partial charge in [-0.15, -0.1) is 11.6 Å². The van der Waals surface area contributed by atoms with Crippen molar-refractivity contribution in [3.63, 3.8) is 0 Å². The Balaban J connectivity index is 1.72. The van der Waals surface area contributed by atoms with Crippen LogP contribution in [0.4, 0.5) is 0 Å². The van der Waals surface area contributed by atoms with Crippen LogP contribution in [0.25, 0.3) is 0 Å². The fourth-order valence-corrected chi connectivity index (χ4v) is 2.36. The largest absolute Gasteiger partial charge is 0.382 e. The predicted octanol–water partition coefficient (Wildman–Crippen LogP) is 2.61. The second-order valence-electron chi connectivity index (χ2n) is 4.41. The Morgan fingerprint density at radius 3 is 2.61 bits per heavy atom. The molecule has 0 radical (unpaired) electrons. The van der Waals surface area contributed by atoms with Gasteiger partial charge in [-0.2, -0.15) is 0 Å². The van der Waals surface area contributed by atoms with Gasteiger partial charge in [-0.3, -0.25) is 0 Å². The minimum absolute atomic E-state index is 0.00877. The van der Waals surface area contributed by atoms with Gasteiger partial charge in [0.05, 0.1) is 31.3 Å². The van der Waals surface area contributed by atoms with Gasteiger partial charge in [-0.05, 0) is 12.0 Å². The Morgan fingerprint density at radius 2 is 1.94 bits per heavy atom. The number of hydrogen-bond donors (Lipinski definition) is 0. The molecule has 18 heavy (non-hydrogen) atoms. The van der Waals surface area contributed by atoms with Crippen LogP contribution < -0.4 is 0 Å². The monoisotopic (exact) mass is 270 g/mol. The first-order valence-electron chi connectivity index (χ1n) is 6.21. The van der Waals surface area contributed by atoms with Crippen molar-refractivity contribution in [2.75, 3.05) is 20.3 Å². The molecule has 0 amide bonds. The number of rotatable bonds is 7. The summed E-state index contributed by atoms with van der Waals surface area (Å²) in [5, 5.41) is 0.0580. The van der Waals surface area contributed by atoms with E-state index in [0.717, 1.165) is 6.42 Å². The van der Waals surface area contributed by atoms with Crippen LogP contribution in [0.15, 0.2) is 30.3 Å². The predicted molar refractivity (Wildman–Crippen MR) is 70.9 cm³/mol. The van der Waals surface area contributed by atoms with Gasteiger partial charge in [0.25, 0.3) is 0 Å². The Labute approximate surface area is 113 Å². The van der Waals surface area contributed by atoms with Crippen LogP contribution in [-0.2, 0) is 20.8 Å². The third-order valence-corrected chi connectivity index (χ3v) is 3.51. The van der Waals surface area contributed by atoms with E-state index in [1.807, 2.05) is 18.2 Å². The number of ether oxygens (including phenoxy) is 3. The quantitative estimate of drug-likeness (QED) is 0.563. The van der Waals surface area contributed by atoms with E-state index in [1.54, 1.807) is 7.11 Å². The van der Waals surface area contributed by atoms with E-state index in [0.29, 0.717) is 19.8 Å². The molecular formula is C14H19ClO3. The normalized spacial score (nSPS) is 26.9. The molecule has 3 unspecified atom stereocenters. The van der Waals surface area contributed by atoms with Gasteiger partial charge in [-0.1, -0.05) is 30.3 Å². The first-order valence-corrected chi connectivity index (χ1v) is 6.65. The summed E-state index contributed by atoms with van der Waals surface area (Å²) in [5.41, 5.74) is 1.17. The van der Waals surface area contributed by atoms with Crippen molar-refractivity contribution in [1.29, 1.82) is 0 Å². The zero-order valence-corrected chi connectivity index (χ0v) is 11.3. The minimum atomic E-state index is -0.00877. The van der Waals surface area contributed by atoms with Crippen LogP contribution in [0.5, 0.6) is 0 Å². The lowest BCUT2D eigenvalue weighted by molar-refractivity contribution is -0.135. The van der Waals surface area contributed by atoms with Crippen LogP contribution in [0.1, 0.15) is 12.0 Å². The highest BCUT2D eigenvalue weighted by molar-refractivity contribution is 6.21.